The number of aromatic nitrogens is 1. The Kier molecular flexibility index (Phi) is 4.64. The Bertz CT molecular complexity index is 622. The molecule has 1 heterocycles. The second-order valence-corrected chi connectivity index (χ2v) is 5.71. The molecule has 0 aliphatic rings. The van der Waals surface area contributed by atoms with Gasteiger partial charge < -0.3 is 21.1 Å². The van der Waals surface area contributed by atoms with Gasteiger partial charge in [-0.05, 0) is 38.1 Å². The van der Waals surface area contributed by atoms with E-state index in [-0.39, 0.29) is 17.8 Å². The Morgan fingerprint density at radius 2 is 2.00 bits per heavy atom. The van der Waals surface area contributed by atoms with Gasteiger partial charge in [0.05, 0.1) is 7.11 Å². The third-order valence-corrected chi connectivity index (χ3v) is 3.62. The van der Waals surface area contributed by atoms with Crippen LogP contribution in [0.1, 0.15) is 23.5 Å². The Morgan fingerprint density at radius 1 is 1.33 bits per heavy atom. The standard InChI is InChI=1S/C14H18N4O2S/c1-8(2)16-14-18-12(15)11(21-14)13(19)17-9-4-6-10(20-3)7-5-9/h4-8H,15H2,1-3H3,(H,16,18)(H,17,19). The number of anilines is 3. The van der Waals surface area contributed by atoms with E-state index in [1.54, 1.807) is 31.4 Å². The number of amides is 1. The zero-order chi connectivity index (χ0) is 15.4. The SMILES string of the molecule is COc1ccc(NC(=O)c2sc(NC(C)C)nc2N)cc1. The molecule has 1 aromatic carbocycles. The lowest BCUT2D eigenvalue weighted by Crippen LogP contribution is -2.12. The first-order valence-electron chi connectivity index (χ1n) is 6.48. The molecule has 0 saturated heterocycles. The Morgan fingerprint density at radius 3 is 2.57 bits per heavy atom. The molecule has 112 valence electrons. The van der Waals surface area contributed by atoms with Gasteiger partial charge in [0.15, 0.2) is 5.13 Å². The van der Waals surface area contributed by atoms with Crippen LogP contribution in [-0.2, 0) is 0 Å². The number of nitrogen functional groups attached to an aromatic ring is 1. The first kappa shape index (κ1) is 15.1. The van der Waals surface area contributed by atoms with Crippen LogP contribution in [0.2, 0.25) is 0 Å². The van der Waals surface area contributed by atoms with Gasteiger partial charge in [-0.3, -0.25) is 4.79 Å². The normalized spacial score (nSPS) is 10.5. The van der Waals surface area contributed by atoms with Crippen LogP contribution < -0.4 is 21.1 Å². The van der Waals surface area contributed by atoms with Crippen LogP contribution in [-0.4, -0.2) is 24.0 Å². The fraction of sp³-hybridized carbons (Fsp3) is 0.286. The highest BCUT2D eigenvalue weighted by Crippen LogP contribution is 2.26. The number of carbonyl (C=O) groups excluding carboxylic acids is 1. The van der Waals surface area contributed by atoms with Crippen molar-refractivity contribution < 1.29 is 9.53 Å². The lowest BCUT2D eigenvalue weighted by Gasteiger charge is -2.05. The summed E-state index contributed by atoms with van der Waals surface area (Å²) in [7, 11) is 1.59. The van der Waals surface area contributed by atoms with Gasteiger partial charge in [-0.2, -0.15) is 0 Å². The van der Waals surface area contributed by atoms with Crippen LogP contribution in [0.25, 0.3) is 0 Å². The van der Waals surface area contributed by atoms with Crippen molar-refractivity contribution in [3.63, 3.8) is 0 Å². The van der Waals surface area contributed by atoms with E-state index < -0.39 is 0 Å². The lowest BCUT2D eigenvalue weighted by atomic mass is 10.3. The summed E-state index contributed by atoms with van der Waals surface area (Å²) in [5.74, 6) is 0.690. The maximum Gasteiger partial charge on any atom is 0.269 e. The van der Waals surface area contributed by atoms with Crippen molar-refractivity contribution in [1.29, 1.82) is 0 Å². The van der Waals surface area contributed by atoms with Crippen molar-refractivity contribution in [2.24, 2.45) is 0 Å². The maximum atomic E-state index is 12.2. The van der Waals surface area contributed by atoms with Crippen LogP contribution in [0, 0.1) is 0 Å². The molecule has 0 bridgehead atoms. The molecular weight excluding hydrogens is 288 g/mol. The topological polar surface area (TPSA) is 89.3 Å². The van der Waals surface area contributed by atoms with E-state index in [1.807, 2.05) is 13.8 Å². The Balaban J connectivity index is 2.10. The van der Waals surface area contributed by atoms with Crippen molar-refractivity contribution >= 4 is 33.9 Å². The predicted molar refractivity (Wildman–Crippen MR) is 86.2 cm³/mol. The van der Waals surface area contributed by atoms with Gasteiger partial charge in [-0.1, -0.05) is 11.3 Å². The van der Waals surface area contributed by atoms with Crippen LogP contribution in [0.3, 0.4) is 0 Å². The van der Waals surface area contributed by atoms with E-state index >= 15 is 0 Å². The van der Waals surface area contributed by atoms with Crippen LogP contribution in [0.4, 0.5) is 16.6 Å². The predicted octanol–water partition coefficient (Wildman–Crippen LogP) is 2.81. The molecule has 0 aliphatic heterocycles. The number of nitrogens with two attached hydrogens (primary N) is 1. The molecule has 0 saturated carbocycles. The molecule has 1 amide bonds. The van der Waals surface area contributed by atoms with Crippen molar-refractivity contribution in [2.75, 3.05) is 23.5 Å². The molecule has 0 atom stereocenters. The summed E-state index contributed by atoms with van der Waals surface area (Å²) in [5, 5.41) is 6.56. The third-order valence-electron chi connectivity index (χ3n) is 2.62. The number of carbonyl (C=O) groups is 1. The third kappa shape index (κ3) is 3.85. The van der Waals surface area contributed by atoms with Gasteiger partial charge in [-0.25, -0.2) is 4.98 Å². The van der Waals surface area contributed by atoms with Crippen molar-refractivity contribution in [2.45, 2.75) is 19.9 Å². The van der Waals surface area contributed by atoms with Crippen LogP contribution in [0.15, 0.2) is 24.3 Å². The number of ether oxygens (including phenoxy) is 1. The number of nitrogens with one attached hydrogen (secondary N) is 2. The molecule has 4 N–H and O–H groups in total. The monoisotopic (exact) mass is 306 g/mol. The number of benzene rings is 1. The van der Waals surface area contributed by atoms with Gasteiger partial charge in [0.2, 0.25) is 0 Å². The zero-order valence-corrected chi connectivity index (χ0v) is 13.0. The van der Waals surface area contributed by atoms with Gasteiger partial charge in [0, 0.05) is 11.7 Å². The minimum absolute atomic E-state index is 0.230. The highest BCUT2D eigenvalue weighted by atomic mass is 32.1. The van der Waals surface area contributed by atoms with Gasteiger partial charge >= 0.3 is 0 Å². The summed E-state index contributed by atoms with van der Waals surface area (Å²) < 4.78 is 5.07. The first-order valence-corrected chi connectivity index (χ1v) is 7.29. The van der Waals surface area contributed by atoms with Crippen LogP contribution in [0.5, 0.6) is 5.75 Å². The second-order valence-electron chi connectivity index (χ2n) is 4.72. The summed E-state index contributed by atoms with van der Waals surface area (Å²) in [6, 6.07) is 7.31. The molecule has 2 aromatic rings. The average molecular weight is 306 g/mol. The highest BCUT2D eigenvalue weighted by Gasteiger charge is 2.16. The molecule has 0 radical (unpaired) electrons. The smallest absolute Gasteiger partial charge is 0.269 e. The molecule has 0 unspecified atom stereocenters. The van der Waals surface area contributed by atoms with Gasteiger partial charge in [0.25, 0.3) is 5.91 Å². The number of methoxy groups -OCH3 is 1. The zero-order valence-electron chi connectivity index (χ0n) is 12.1. The van der Waals surface area contributed by atoms with E-state index in [1.165, 1.54) is 11.3 Å². The number of hydrogen-bond acceptors (Lipinski definition) is 6. The minimum Gasteiger partial charge on any atom is -0.497 e. The van der Waals surface area contributed by atoms with E-state index in [4.69, 9.17) is 10.5 Å². The summed E-state index contributed by atoms with van der Waals surface area (Å²) in [5.41, 5.74) is 6.47. The number of rotatable bonds is 5. The number of thiazole rings is 1. The average Bonchev–Trinajstić information content (AvgIpc) is 2.79. The van der Waals surface area contributed by atoms with Gasteiger partial charge in [0.1, 0.15) is 16.4 Å². The van der Waals surface area contributed by atoms with Gasteiger partial charge in [-0.15, -0.1) is 0 Å². The van der Waals surface area contributed by atoms with Crippen LogP contribution >= 0.6 is 11.3 Å². The maximum absolute atomic E-state index is 12.2. The Labute approximate surface area is 127 Å². The van der Waals surface area contributed by atoms with Crippen molar-refractivity contribution in [1.82, 2.24) is 4.98 Å². The molecule has 1 aromatic heterocycles. The molecule has 0 fully saturated rings. The van der Waals surface area contributed by atoms with E-state index in [0.29, 0.717) is 15.7 Å². The summed E-state index contributed by atoms with van der Waals surface area (Å²) in [4.78, 5) is 16.8. The molecule has 0 spiro atoms. The first-order chi connectivity index (χ1) is 9.99. The second kappa shape index (κ2) is 6.45. The van der Waals surface area contributed by atoms with E-state index in [2.05, 4.69) is 15.6 Å². The fourth-order valence-corrected chi connectivity index (χ4v) is 2.59. The lowest BCUT2D eigenvalue weighted by molar-refractivity contribution is 0.103. The summed E-state index contributed by atoms with van der Waals surface area (Å²) in [6.45, 7) is 3.99. The Hall–Kier alpha value is -2.28. The quantitative estimate of drug-likeness (QED) is 0.790. The summed E-state index contributed by atoms with van der Waals surface area (Å²) >= 11 is 1.24. The highest BCUT2D eigenvalue weighted by molar-refractivity contribution is 7.18. The van der Waals surface area contributed by atoms with E-state index in [0.717, 1.165) is 5.75 Å². The minimum atomic E-state index is -0.271. The largest absolute Gasteiger partial charge is 0.497 e. The fourth-order valence-electron chi connectivity index (χ4n) is 1.67. The molecule has 0 aliphatic carbocycles. The molecular formula is C14H18N4O2S. The number of hydrogen-bond donors (Lipinski definition) is 3. The van der Waals surface area contributed by atoms with E-state index in [9.17, 15) is 4.79 Å². The van der Waals surface area contributed by atoms with Crippen molar-refractivity contribution in [3.8, 4) is 5.75 Å². The number of nitrogens with zero attached hydrogens (tertiary/aromatic N) is 1. The van der Waals surface area contributed by atoms with Crippen molar-refractivity contribution in [3.05, 3.63) is 29.1 Å². The molecule has 21 heavy (non-hydrogen) atoms. The summed E-state index contributed by atoms with van der Waals surface area (Å²) in [6.07, 6.45) is 0. The molecule has 2 rings (SSSR count). The molecule has 7 heteroatoms. The molecule has 6 nitrogen and oxygen atoms in total.